The fraction of sp³-hybridized carbons (Fsp3) is 0.714. The first-order valence-electron chi connectivity index (χ1n) is 7.40. The van der Waals surface area contributed by atoms with Crippen molar-refractivity contribution >= 4 is 28.2 Å². The molecule has 0 bridgehead atoms. The molecule has 2 aliphatic rings. The highest BCUT2D eigenvalue weighted by Gasteiger charge is 2.33. The summed E-state index contributed by atoms with van der Waals surface area (Å²) in [5.74, 6) is 0.914. The third-order valence-electron chi connectivity index (χ3n) is 4.08. The Morgan fingerprint density at radius 2 is 2.20 bits per heavy atom. The van der Waals surface area contributed by atoms with Crippen LogP contribution in [0.5, 0.6) is 0 Å². The number of hydrogen-bond acceptors (Lipinski definition) is 5. The van der Waals surface area contributed by atoms with E-state index in [0.29, 0.717) is 28.7 Å². The summed E-state index contributed by atoms with van der Waals surface area (Å²) >= 11 is 1.40. The number of likely N-dealkylation sites (tertiary alicyclic amines) is 1. The Kier molecular flexibility index (Phi) is 3.58. The van der Waals surface area contributed by atoms with Crippen molar-refractivity contribution in [3.63, 3.8) is 0 Å². The average molecular weight is 294 g/mol. The Bertz CT molecular complexity index is 509. The predicted molar refractivity (Wildman–Crippen MR) is 82.1 cm³/mol. The van der Waals surface area contributed by atoms with Crippen molar-refractivity contribution in [3.8, 4) is 0 Å². The van der Waals surface area contributed by atoms with Gasteiger partial charge in [-0.2, -0.15) is 0 Å². The van der Waals surface area contributed by atoms with E-state index in [1.807, 2.05) is 4.90 Å². The van der Waals surface area contributed by atoms with Gasteiger partial charge in [0.05, 0.1) is 0 Å². The molecule has 1 aliphatic carbocycles. The number of carbonyl (C=O) groups is 1. The molecule has 5 nitrogen and oxygen atoms in total. The van der Waals surface area contributed by atoms with Gasteiger partial charge in [0.15, 0.2) is 5.13 Å². The van der Waals surface area contributed by atoms with Gasteiger partial charge in [-0.1, -0.05) is 25.2 Å². The standard InChI is InChI=1S/C14H22N4OS/c1-8(2)10-4-3-7-18(10)13(19)11-12(15)17-14(20-11)16-9-5-6-9/h8-10H,3-7,15H2,1-2H3,(H,16,17). The highest BCUT2D eigenvalue weighted by molar-refractivity contribution is 7.18. The number of hydrogen-bond donors (Lipinski definition) is 2. The quantitative estimate of drug-likeness (QED) is 0.895. The third-order valence-corrected chi connectivity index (χ3v) is 5.07. The molecule has 1 saturated heterocycles. The Hall–Kier alpha value is -1.30. The minimum absolute atomic E-state index is 0.0556. The summed E-state index contributed by atoms with van der Waals surface area (Å²) in [6.45, 7) is 5.18. The van der Waals surface area contributed by atoms with Crippen LogP contribution in [0.15, 0.2) is 0 Å². The monoisotopic (exact) mass is 294 g/mol. The van der Waals surface area contributed by atoms with Crippen LogP contribution in [0.2, 0.25) is 0 Å². The molecule has 1 aromatic rings. The van der Waals surface area contributed by atoms with Crippen molar-refractivity contribution in [1.29, 1.82) is 0 Å². The van der Waals surface area contributed by atoms with E-state index in [4.69, 9.17) is 5.73 Å². The van der Waals surface area contributed by atoms with Crippen molar-refractivity contribution in [2.45, 2.75) is 51.6 Å². The van der Waals surface area contributed by atoms with Crippen molar-refractivity contribution in [2.75, 3.05) is 17.6 Å². The number of nitrogens with one attached hydrogen (secondary N) is 1. The topological polar surface area (TPSA) is 71.2 Å². The van der Waals surface area contributed by atoms with Crippen molar-refractivity contribution in [3.05, 3.63) is 4.88 Å². The third kappa shape index (κ3) is 2.61. The zero-order chi connectivity index (χ0) is 14.3. The number of nitrogen functional groups attached to an aromatic ring is 1. The van der Waals surface area contributed by atoms with Crippen LogP contribution in [0.1, 0.15) is 49.2 Å². The lowest BCUT2D eigenvalue weighted by molar-refractivity contribution is 0.0707. The fourth-order valence-electron chi connectivity index (χ4n) is 2.82. The summed E-state index contributed by atoms with van der Waals surface area (Å²) in [5.41, 5.74) is 5.94. The second-order valence-corrected chi connectivity index (χ2v) is 7.10. The highest BCUT2D eigenvalue weighted by Crippen LogP contribution is 2.33. The van der Waals surface area contributed by atoms with E-state index >= 15 is 0 Å². The average Bonchev–Trinajstić information content (AvgIpc) is 2.93. The van der Waals surface area contributed by atoms with E-state index in [2.05, 4.69) is 24.1 Å². The van der Waals surface area contributed by atoms with E-state index in [1.165, 1.54) is 24.2 Å². The molecular weight excluding hydrogens is 272 g/mol. The number of thiazole rings is 1. The molecule has 1 amide bonds. The molecule has 0 aromatic carbocycles. The summed E-state index contributed by atoms with van der Waals surface area (Å²) in [4.78, 5) is 19.6. The molecule has 0 spiro atoms. The van der Waals surface area contributed by atoms with Gasteiger partial charge in [-0.05, 0) is 31.6 Å². The Morgan fingerprint density at radius 3 is 2.85 bits per heavy atom. The molecule has 1 aliphatic heterocycles. The molecule has 6 heteroatoms. The molecule has 1 unspecified atom stereocenters. The van der Waals surface area contributed by atoms with E-state index in [-0.39, 0.29) is 5.91 Å². The van der Waals surface area contributed by atoms with Crippen LogP contribution in [0.25, 0.3) is 0 Å². The molecular formula is C14H22N4OS. The fourth-order valence-corrected chi connectivity index (χ4v) is 3.74. The number of anilines is 2. The summed E-state index contributed by atoms with van der Waals surface area (Å²) in [6.07, 6.45) is 4.55. The number of nitrogens with zero attached hydrogens (tertiary/aromatic N) is 2. The number of nitrogens with two attached hydrogens (primary N) is 1. The van der Waals surface area contributed by atoms with E-state index in [9.17, 15) is 4.79 Å². The molecule has 1 atom stereocenters. The molecule has 1 saturated carbocycles. The van der Waals surface area contributed by atoms with Crippen LogP contribution in [-0.4, -0.2) is 34.4 Å². The van der Waals surface area contributed by atoms with Crippen LogP contribution >= 0.6 is 11.3 Å². The molecule has 3 rings (SSSR count). The highest BCUT2D eigenvalue weighted by atomic mass is 32.1. The Labute approximate surface area is 123 Å². The largest absolute Gasteiger partial charge is 0.382 e. The first-order valence-corrected chi connectivity index (χ1v) is 8.21. The van der Waals surface area contributed by atoms with Gasteiger partial charge < -0.3 is 16.0 Å². The molecule has 20 heavy (non-hydrogen) atoms. The van der Waals surface area contributed by atoms with Crippen molar-refractivity contribution in [1.82, 2.24) is 9.88 Å². The predicted octanol–water partition coefficient (Wildman–Crippen LogP) is 2.56. The van der Waals surface area contributed by atoms with E-state index in [1.54, 1.807) is 0 Å². The van der Waals surface area contributed by atoms with Crippen LogP contribution in [0.3, 0.4) is 0 Å². The van der Waals surface area contributed by atoms with Crippen LogP contribution < -0.4 is 11.1 Å². The van der Waals surface area contributed by atoms with Gasteiger partial charge in [-0.25, -0.2) is 4.98 Å². The molecule has 1 aromatic heterocycles. The Morgan fingerprint density at radius 1 is 1.45 bits per heavy atom. The lowest BCUT2D eigenvalue weighted by Crippen LogP contribution is -2.38. The number of carbonyl (C=O) groups excluding carboxylic acids is 1. The lowest BCUT2D eigenvalue weighted by atomic mass is 10.0. The Balaban J connectivity index is 1.77. The number of rotatable bonds is 4. The number of amides is 1. The van der Waals surface area contributed by atoms with E-state index < -0.39 is 0 Å². The normalized spacial score (nSPS) is 22.6. The molecule has 110 valence electrons. The van der Waals surface area contributed by atoms with Crippen molar-refractivity contribution in [2.24, 2.45) is 5.92 Å². The summed E-state index contributed by atoms with van der Waals surface area (Å²) < 4.78 is 0. The maximum Gasteiger partial charge on any atom is 0.268 e. The summed E-state index contributed by atoms with van der Waals surface area (Å²) in [7, 11) is 0. The van der Waals surface area contributed by atoms with Gasteiger partial charge in [-0.3, -0.25) is 4.79 Å². The maximum absolute atomic E-state index is 12.7. The molecule has 2 fully saturated rings. The zero-order valence-corrected chi connectivity index (χ0v) is 12.9. The van der Waals surface area contributed by atoms with Crippen LogP contribution in [0.4, 0.5) is 10.9 Å². The maximum atomic E-state index is 12.7. The first-order chi connectivity index (χ1) is 9.56. The second kappa shape index (κ2) is 5.24. The summed E-state index contributed by atoms with van der Waals surface area (Å²) in [6, 6.07) is 0.863. The van der Waals surface area contributed by atoms with E-state index in [0.717, 1.165) is 24.5 Å². The minimum atomic E-state index is 0.0556. The van der Waals surface area contributed by atoms with Crippen LogP contribution in [0, 0.1) is 5.92 Å². The zero-order valence-electron chi connectivity index (χ0n) is 12.1. The van der Waals surface area contributed by atoms with Gasteiger partial charge in [0.2, 0.25) is 0 Å². The second-order valence-electron chi connectivity index (χ2n) is 6.10. The molecule has 0 radical (unpaired) electrons. The van der Waals surface area contributed by atoms with Crippen LogP contribution in [-0.2, 0) is 0 Å². The summed E-state index contributed by atoms with van der Waals surface area (Å²) in [5, 5.41) is 4.10. The van der Waals surface area contributed by atoms with Gasteiger partial charge in [-0.15, -0.1) is 0 Å². The molecule has 2 heterocycles. The SMILES string of the molecule is CC(C)C1CCCN1C(=O)c1sc(NC2CC2)nc1N. The van der Waals surface area contributed by atoms with Gasteiger partial charge in [0.1, 0.15) is 10.7 Å². The molecule has 3 N–H and O–H groups in total. The number of aromatic nitrogens is 1. The van der Waals surface area contributed by atoms with Crippen molar-refractivity contribution < 1.29 is 4.79 Å². The smallest absolute Gasteiger partial charge is 0.268 e. The lowest BCUT2D eigenvalue weighted by Gasteiger charge is -2.27. The van der Waals surface area contributed by atoms with Gasteiger partial charge >= 0.3 is 0 Å². The van der Waals surface area contributed by atoms with Gasteiger partial charge in [0, 0.05) is 18.6 Å². The first kappa shape index (κ1) is 13.7. The minimum Gasteiger partial charge on any atom is -0.382 e. The van der Waals surface area contributed by atoms with Gasteiger partial charge in [0.25, 0.3) is 5.91 Å².